The maximum atomic E-state index is 11.8. The predicted molar refractivity (Wildman–Crippen MR) is 82.3 cm³/mol. The lowest BCUT2D eigenvalue weighted by Gasteiger charge is -2.20. The zero-order chi connectivity index (χ0) is 14.8. The molecule has 1 aromatic carbocycles. The second kappa shape index (κ2) is 9.32. The Kier molecular flexibility index (Phi) is 7.66. The molecule has 20 heavy (non-hydrogen) atoms. The molecule has 0 heterocycles. The van der Waals surface area contributed by atoms with E-state index in [4.69, 9.17) is 4.74 Å². The molecule has 0 amide bonds. The van der Waals surface area contributed by atoms with Gasteiger partial charge in [-0.15, -0.1) is 6.58 Å². The minimum atomic E-state index is -0.111. The highest BCUT2D eigenvalue weighted by Crippen LogP contribution is 2.13. The van der Waals surface area contributed by atoms with E-state index >= 15 is 0 Å². The van der Waals surface area contributed by atoms with Gasteiger partial charge in [-0.2, -0.15) is 0 Å². The van der Waals surface area contributed by atoms with Crippen molar-refractivity contribution in [2.45, 2.75) is 26.3 Å². The van der Waals surface area contributed by atoms with Gasteiger partial charge < -0.3 is 9.64 Å². The lowest BCUT2D eigenvalue weighted by atomic mass is 10.0. The molecule has 0 fully saturated rings. The minimum absolute atomic E-state index is 0.0781. The highest BCUT2D eigenvalue weighted by molar-refractivity contribution is 5.72. The Balaban J connectivity index is 2.42. The molecule has 3 nitrogen and oxygen atoms in total. The summed E-state index contributed by atoms with van der Waals surface area (Å²) in [6.45, 7) is 7.75. The van der Waals surface area contributed by atoms with Crippen molar-refractivity contribution in [3.05, 3.63) is 48.6 Å². The van der Waals surface area contributed by atoms with Gasteiger partial charge in [0.05, 0.1) is 12.5 Å². The first-order valence-corrected chi connectivity index (χ1v) is 7.17. The molecule has 110 valence electrons. The highest BCUT2D eigenvalue weighted by Gasteiger charge is 2.18. The van der Waals surface area contributed by atoms with Crippen molar-refractivity contribution in [2.24, 2.45) is 5.92 Å². The molecule has 1 rings (SSSR count). The normalized spacial score (nSPS) is 12.2. The van der Waals surface area contributed by atoms with Crippen LogP contribution in [0.2, 0.25) is 0 Å². The Morgan fingerprint density at radius 3 is 2.70 bits per heavy atom. The Morgan fingerprint density at radius 2 is 2.10 bits per heavy atom. The van der Waals surface area contributed by atoms with Crippen molar-refractivity contribution in [3.63, 3.8) is 0 Å². The number of nitrogens with zero attached hydrogens (tertiary/aromatic N) is 1. The van der Waals surface area contributed by atoms with Crippen LogP contribution in [0.4, 0.5) is 0 Å². The summed E-state index contributed by atoms with van der Waals surface area (Å²) in [6.07, 6.45) is 3.27. The van der Waals surface area contributed by atoms with Crippen molar-refractivity contribution in [2.75, 3.05) is 20.2 Å². The first-order chi connectivity index (χ1) is 9.67. The van der Waals surface area contributed by atoms with Crippen molar-refractivity contribution in [1.29, 1.82) is 0 Å². The van der Waals surface area contributed by atoms with E-state index in [0.717, 1.165) is 19.5 Å². The average Bonchev–Trinajstić information content (AvgIpc) is 2.44. The smallest absolute Gasteiger partial charge is 0.309 e. The van der Waals surface area contributed by atoms with Crippen LogP contribution in [0, 0.1) is 5.92 Å². The van der Waals surface area contributed by atoms with E-state index in [-0.39, 0.29) is 11.9 Å². The van der Waals surface area contributed by atoms with Crippen molar-refractivity contribution >= 4 is 5.97 Å². The molecule has 3 heteroatoms. The van der Waals surface area contributed by atoms with Gasteiger partial charge in [-0.3, -0.25) is 4.79 Å². The fourth-order valence-corrected chi connectivity index (χ4v) is 2.14. The lowest BCUT2D eigenvalue weighted by molar-refractivity contribution is -0.148. The van der Waals surface area contributed by atoms with Crippen LogP contribution < -0.4 is 0 Å². The summed E-state index contributed by atoms with van der Waals surface area (Å²) in [6, 6.07) is 10.3. The highest BCUT2D eigenvalue weighted by atomic mass is 16.5. The Labute approximate surface area is 122 Å². The van der Waals surface area contributed by atoms with Crippen molar-refractivity contribution < 1.29 is 9.53 Å². The summed E-state index contributed by atoms with van der Waals surface area (Å²) < 4.78 is 5.10. The Hall–Kier alpha value is -1.61. The second-order valence-corrected chi connectivity index (χ2v) is 4.99. The summed E-state index contributed by atoms with van der Waals surface area (Å²) in [7, 11) is 2.07. The van der Waals surface area contributed by atoms with E-state index in [9.17, 15) is 4.79 Å². The van der Waals surface area contributed by atoms with E-state index in [1.54, 1.807) is 6.08 Å². The quantitative estimate of drug-likeness (QED) is 0.512. The number of allylic oxidation sites excluding steroid dienone is 1. The third-order valence-corrected chi connectivity index (χ3v) is 3.23. The predicted octanol–water partition coefficient (Wildman–Crippen LogP) is 3.26. The molecule has 0 saturated heterocycles. The van der Waals surface area contributed by atoms with Gasteiger partial charge in [0.2, 0.25) is 0 Å². The number of hydrogen-bond acceptors (Lipinski definition) is 3. The van der Waals surface area contributed by atoms with Crippen LogP contribution in [-0.4, -0.2) is 31.1 Å². The molecule has 0 spiro atoms. The summed E-state index contributed by atoms with van der Waals surface area (Å²) >= 11 is 0. The first kappa shape index (κ1) is 16.4. The number of benzene rings is 1. The van der Waals surface area contributed by atoms with E-state index in [1.807, 2.05) is 25.1 Å². The summed E-state index contributed by atoms with van der Waals surface area (Å²) in [4.78, 5) is 14.0. The van der Waals surface area contributed by atoms with E-state index in [1.165, 1.54) is 5.56 Å². The fourth-order valence-electron chi connectivity index (χ4n) is 2.14. The molecular formula is C17H25NO2. The zero-order valence-electron chi connectivity index (χ0n) is 12.5. The topological polar surface area (TPSA) is 29.5 Å². The molecule has 1 aromatic rings. The third-order valence-electron chi connectivity index (χ3n) is 3.23. The summed E-state index contributed by atoms with van der Waals surface area (Å²) in [5, 5.41) is 0. The number of hydrogen-bond donors (Lipinski definition) is 0. The molecule has 0 saturated carbocycles. The van der Waals surface area contributed by atoms with Gasteiger partial charge in [-0.1, -0.05) is 36.4 Å². The van der Waals surface area contributed by atoms with Crippen LogP contribution in [0.5, 0.6) is 0 Å². The standard InChI is InChI=1S/C17H25NO2/c1-4-9-16(17(19)20-5-2)12-13-18(3)14-15-10-7-6-8-11-15/h4,6-8,10-11,16H,1,5,9,12-14H2,2-3H3. The van der Waals surface area contributed by atoms with Gasteiger partial charge in [0.1, 0.15) is 0 Å². The summed E-state index contributed by atoms with van der Waals surface area (Å²) in [5.41, 5.74) is 1.28. The van der Waals surface area contributed by atoms with Crippen LogP contribution in [0.3, 0.4) is 0 Å². The van der Waals surface area contributed by atoms with Crippen LogP contribution >= 0.6 is 0 Å². The Morgan fingerprint density at radius 1 is 1.40 bits per heavy atom. The van der Waals surface area contributed by atoms with E-state index in [0.29, 0.717) is 13.0 Å². The monoisotopic (exact) mass is 275 g/mol. The second-order valence-electron chi connectivity index (χ2n) is 4.99. The molecule has 0 aliphatic rings. The van der Waals surface area contributed by atoms with Crippen molar-refractivity contribution in [1.82, 2.24) is 4.90 Å². The largest absolute Gasteiger partial charge is 0.466 e. The van der Waals surface area contributed by atoms with Gasteiger partial charge in [0.25, 0.3) is 0 Å². The number of rotatable bonds is 9. The summed E-state index contributed by atoms with van der Waals surface area (Å²) in [5.74, 6) is -0.189. The SMILES string of the molecule is C=CCC(CCN(C)Cc1ccccc1)C(=O)OCC. The molecule has 0 N–H and O–H groups in total. The van der Waals surface area contributed by atoms with Gasteiger partial charge in [-0.25, -0.2) is 0 Å². The van der Waals surface area contributed by atoms with Gasteiger partial charge in [0, 0.05) is 6.54 Å². The van der Waals surface area contributed by atoms with Crippen LogP contribution in [0.15, 0.2) is 43.0 Å². The number of esters is 1. The average molecular weight is 275 g/mol. The number of carbonyl (C=O) groups is 1. The lowest BCUT2D eigenvalue weighted by Crippen LogP contribution is -2.25. The molecule has 1 unspecified atom stereocenters. The molecule has 0 bridgehead atoms. The fraction of sp³-hybridized carbons (Fsp3) is 0.471. The minimum Gasteiger partial charge on any atom is -0.466 e. The zero-order valence-corrected chi connectivity index (χ0v) is 12.5. The molecule has 1 atom stereocenters. The molecule has 0 aliphatic heterocycles. The molecule has 0 radical (unpaired) electrons. The molecule has 0 aromatic heterocycles. The maximum Gasteiger partial charge on any atom is 0.309 e. The van der Waals surface area contributed by atoms with E-state index < -0.39 is 0 Å². The Bertz CT molecular complexity index is 403. The molecular weight excluding hydrogens is 250 g/mol. The van der Waals surface area contributed by atoms with Crippen molar-refractivity contribution in [3.8, 4) is 0 Å². The van der Waals surface area contributed by atoms with E-state index in [2.05, 4.69) is 30.7 Å². The van der Waals surface area contributed by atoms with Gasteiger partial charge in [0.15, 0.2) is 0 Å². The van der Waals surface area contributed by atoms with Crippen LogP contribution in [0.25, 0.3) is 0 Å². The van der Waals surface area contributed by atoms with Crippen LogP contribution in [0.1, 0.15) is 25.3 Å². The first-order valence-electron chi connectivity index (χ1n) is 7.17. The molecule has 0 aliphatic carbocycles. The van der Waals surface area contributed by atoms with Gasteiger partial charge >= 0.3 is 5.97 Å². The maximum absolute atomic E-state index is 11.8. The third kappa shape index (κ3) is 6.02. The number of ether oxygens (including phenoxy) is 1. The van der Waals surface area contributed by atoms with Gasteiger partial charge in [-0.05, 0) is 38.9 Å². The number of carbonyl (C=O) groups excluding carboxylic acids is 1. The van der Waals surface area contributed by atoms with Crippen LogP contribution in [-0.2, 0) is 16.1 Å².